The van der Waals surface area contributed by atoms with E-state index in [-0.39, 0.29) is 22.8 Å². The molecule has 2 N–H and O–H groups in total. The molecule has 2 aromatic carbocycles. The smallest absolute Gasteiger partial charge is 0.317 e. The SMILES string of the molecule is COc1ccc(/C=C(/C(=O)c2cc(OC)c(OC)c(OC)c2)[N+](=O)[O-])cc1/C=C/C(=O)NO. The van der Waals surface area contributed by atoms with E-state index in [2.05, 4.69) is 0 Å². The van der Waals surface area contributed by atoms with E-state index in [4.69, 9.17) is 24.2 Å². The zero-order valence-electron chi connectivity index (χ0n) is 18.3. The van der Waals surface area contributed by atoms with Gasteiger partial charge in [0, 0.05) is 23.3 Å². The van der Waals surface area contributed by atoms with Crippen molar-refractivity contribution in [1.29, 1.82) is 0 Å². The number of nitrogens with one attached hydrogen (secondary N) is 1. The zero-order valence-corrected chi connectivity index (χ0v) is 18.3. The van der Waals surface area contributed by atoms with Crippen LogP contribution in [0.15, 0.2) is 42.1 Å². The summed E-state index contributed by atoms with van der Waals surface area (Å²) < 4.78 is 20.8. The normalized spacial score (nSPS) is 11.1. The van der Waals surface area contributed by atoms with Crippen LogP contribution in [0.1, 0.15) is 21.5 Å². The van der Waals surface area contributed by atoms with Gasteiger partial charge in [-0.05, 0) is 35.9 Å². The summed E-state index contributed by atoms with van der Waals surface area (Å²) in [6.45, 7) is 0. The Morgan fingerprint density at radius 2 is 1.58 bits per heavy atom. The highest BCUT2D eigenvalue weighted by atomic mass is 16.6. The average molecular weight is 458 g/mol. The number of carbonyl (C=O) groups is 2. The largest absolute Gasteiger partial charge is 0.496 e. The first-order valence-corrected chi connectivity index (χ1v) is 9.30. The van der Waals surface area contributed by atoms with Crippen LogP contribution in [-0.4, -0.2) is 50.3 Å². The van der Waals surface area contributed by atoms with Crippen molar-refractivity contribution in [3.63, 3.8) is 0 Å². The summed E-state index contributed by atoms with van der Waals surface area (Å²) in [7, 11) is 5.52. The van der Waals surface area contributed by atoms with E-state index in [1.54, 1.807) is 0 Å². The summed E-state index contributed by atoms with van der Waals surface area (Å²) in [5.74, 6) is -0.716. The molecule has 0 heterocycles. The van der Waals surface area contributed by atoms with Crippen LogP contribution in [0, 0.1) is 10.1 Å². The number of nitro groups is 1. The lowest BCUT2D eigenvalue weighted by Crippen LogP contribution is -2.14. The lowest BCUT2D eigenvalue weighted by molar-refractivity contribution is -0.415. The molecule has 33 heavy (non-hydrogen) atoms. The summed E-state index contributed by atoms with van der Waals surface area (Å²) in [5.41, 5.74) is 1.39. The Kier molecular flexibility index (Phi) is 8.52. The molecule has 0 bridgehead atoms. The number of carbonyl (C=O) groups excluding carboxylic acids is 2. The summed E-state index contributed by atoms with van der Waals surface area (Å²) in [5, 5.41) is 20.3. The van der Waals surface area contributed by atoms with E-state index in [0.29, 0.717) is 16.9 Å². The van der Waals surface area contributed by atoms with Gasteiger partial charge in [0.25, 0.3) is 11.7 Å². The third kappa shape index (κ3) is 5.86. The number of benzene rings is 2. The molecule has 0 saturated carbocycles. The molecule has 0 unspecified atom stereocenters. The Bertz CT molecular complexity index is 1100. The Morgan fingerprint density at radius 1 is 0.970 bits per heavy atom. The molecule has 11 heteroatoms. The van der Waals surface area contributed by atoms with Crippen LogP contribution in [0.25, 0.3) is 12.2 Å². The molecular formula is C22H22N2O9. The third-order valence-electron chi connectivity index (χ3n) is 4.44. The lowest BCUT2D eigenvalue weighted by Gasteiger charge is -2.13. The predicted octanol–water partition coefficient (Wildman–Crippen LogP) is 2.74. The maximum absolute atomic E-state index is 13.0. The summed E-state index contributed by atoms with van der Waals surface area (Å²) in [6, 6.07) is 7.14. The van der Waals surface area contributed by atoms with Crippen LogP contribution in [0.2, 0.25) is 0 Å². The van der Waals surface area contributed by atoms with Gasteiger partial charge >= 0.3 is 5.70 Å². The van der Waals surface area contributed by atoms with E-state index in [9.17, 15) is 19.7 Å². The number of ether oxygens (including phenoxy) is 4. The molecule has 0 aliphatic carbocycles. The van der Waals surface area contributed by atoms with Gasteiger partial charge in [0.1, 0.15) is 5.75 Å². The lowest BCUT2D eigenvalue weighted by atomic mass is 10.0. The molecule has 1 amide bonds. The maximum Gasteiger partial charge on any atom is 0.317 e. The minimum atomic E-state index is -0.883. The van der Waals surface area contributed by atoms with Gasteiger partial charge in [0.2, 0.25) is 5.75 Å². The van der Waals surface area contributed by atoms with Crippen molar-refractivity contribution in [2.75, 3.05) is 28.4 Å². The molecule has 0 aliphatic heterocycles. The maximum atomic E-state index is 13.0. The molecule has 0 atom stereocenters. The Labute approximate surface area is 188 Å². The minimum Gasteiger partial charge on any atom is -0.496 e. The molecule has 174 valence electrons. The average Bonchev–Trinajstić information content (AvgIpc) is 2.83. The van der Waals surface area contributed by atoms with Crippen molar-refractivity contribution < 1.29 is 38.7 Å². The van der Waals surface area contributed by atoms with Gasteiger partial charge in [0.05, 0.1) is 33.4 Å². The second kappa shape index (κ2) is 11.3. The van der Waals surface area contributed by atoms with Crippen molar-refractivity contribution in [3.8, 4) is 23.0 Å². The minimum absolute atomic E-state index is 0.0410. The van der Waals surface area contributed by atoms with E-state index in [1.807, 2.05) is 0 Å². The standard InChI is InChI=1S/C22H22N2O9/c1-30-17-7-5-13(9-14(17)6-8-20(25)23-27)10-16(24(28)29)21(26)15-11-18(31-2)22(33-4)19(12-15)32-3/h5-12,27H,1-4H3,(H,23,25)/b8-6+,16-10-. The van der Waals surface area contributed by atoms with E-state index in [1.165, 1.54) is 70.3 Å². The van der Waals surface area contributed by atoms with Crippen molar-refractivity contribution in [2.45, 2.75) is 0 Å². The van der Waals surface area contributed by atoms with Gasteiger partial charge in [-0.3, -0.25) is 24.9 Å². The number of ketones is 1. The summed E-state index contributed by atoms with van der Waals surface area (Å²) in [6.07, 6.45) is 3.48. The summed E-state index contributed by atoms with van der Waals surface area (Å²) in [4.78, 5) is 35.2. The van der Waals surface area contributed by atoms with Crippen LogP contribution in [-0.2, 0) is 4.79 Å². The zero-order chi connectivity index (χ0) is 24.5. The molecule has 2 aromatic rings. The first kappa shape index (κ1) is 24.9. The van der Waals surface area contributed by atoms with E-state index in [0.717, 1.165) is 12.2 Å². The third-order valence-corrected chi connectivity index (χ3v) is 4.44. The van der Waals surface area contributed by atoms with Gasteiger partial charge in [0.15, 0.2) is 11.5 Å². The highest BCUT2D eigenvalue weighted by molar-refractivity contribution is 6.10. The molecule has 11 nitrogen and oxygen atoms in total. The van der Waals surface area contributed by atoms with E-state index >= 15 is 0 Å². The number of Topliss-reactive ketones (excluding diaryl/α,β-unsaturated/α-hetero) is 1. The highest BCUT2D eigenvalue weighted by Crippen LogP contribution is 2.38. The number of hydrogen-bond acceptors (Lipinski definition) is 9. The Hall–Kier alpha value is -4.38. The van der Waals surface area contributed by atoms with Gasteiger partial charge < -0.3 is 18.9 Å². The number of amides is 1. The van der Waals surface area contributed by atoms with Crippen molar-refractivity contribution in [3.05, 3.63) is 68.9 Å². The van der Waals surface area contributed by atoms with Gasteiger partial charge in [-0.25, -0.2) is 5.48 Å². The number of nitrogens with zero attached hydrogens (tertiary/aromatic N) is 1. The predicted molar refractivity (Wildman–Crippen MR) is 117 cm³/mol. The molecule has 0 aromatic heterocycles. The van der Waals surface area contributed by atoms with Gasteiger partial charge in [-0.15, -0.1) is 0 Å². The van der Waals surface area contributed by atoms with Crippen molar-refractivity contribution >= 4 is 23.8 Å². The first-order chi connectivity index (χ1) is 15.8. The fourth-order valence-corrected chi connectivity index (χ4v) is 2.89. The Balaban J connectivity index is 2.56. The van der Waals surface area contributed by atoms with Crippen LogP contribution >= 0.6 is 0 Å². The van der Waals surface area contributed by atoms with Crippen LogP contribution in [0.3, 0.4) is 0 Å². The van der Waals surface area contributed by atoms with Crippen LogP contribution < -0.4 is 24.4 Å². The monoisotopic (exact) mass is 458 g/mol. The van der Waals surface area contributed by atoms with Crippen molar-refractivity contribution in [1.82, 2.24) is 5.48 Å². The van der Waals surface area contributed by atoms with Gasteiger partial charge in [-0.1, -0.05) is 6.07 Å². The molecule has 0 aliphatic rings. The van der Waals surface area contributed by atoms with E-state index < -0.39 is 22.3 Å². The fourth-order valence-electron chi connectivity index (χ4n) is 2.89. The second-order valence-corrected chi connectivity index (χ2v) is 6.34. The van der Waals surface area contributed by atoms with Crippen molar-refractivity contribution in [2.24, 2.45) is 0 Å². The number of hydroxylamine groups is 1. The second-order valence-electron chi connectivity index (χ2n) is 6.34. The summed E-state index contributed by atoms with van der Waals surface area (Å²) >= 11 is 0. The van der Waals surface area contributed by atoms with Crippen LogP contribution in [0.5, 0.6) is 23.0 Å². The molecule has 0 saturated heterocycles. The Morgan fingerprint density at radius 3 is 2.06 bits per heavy atom. The number of methoxy groups -OCH3 is 4. The van der Waals surface area contributed by atoms with Crippen LogP contribution in [0.4, 0.5) is 0 Å². The van der Waals surface area contributed by atoms with Gasteiger partial charge in [-0.2, -0.15) is 0 Å². The molecular weight excluding hydrogens is 436 g/mol. The number of rotatable bonds is 10. The first-order valence-electron chi connectivity index (χ1n) is 9.30. The molecule has 2 rings (SSSR count). The molecule has 0 radical (unpaired) electrons. The highest BCUT2D eigenvalue weighted by Gasteiger charge is 2.27. The topological polar surface area (TPSA) is 146 Å². The fraction of sp³-hybridized carbons (Fsp3) is 0.182. The quantitative estimate of drug-likeness (QED) is 0.180. The molecule has 0 spiro atoms. The number of hydrogen-bond donors (Lipinski definition) is 2. The number of allylic oxidation sites excluding steroid dienone is 1. The molecule has 0 fully saturated rings.